The van der Waals surface area contributed by atoms with Gasteiger partial charge in [-0.15, -0.1) is 5.10 Å². The van der Waals surface area contributed by atoms with E-state index in [4.69, 9.17) is 20.8 Å². The number of amides is 1. The van der Waals surface area contributed by atoms with Crippen LogP contribution in [-0.2, 0) is 4.79 Å². The number of hydrogen-bond acceptors (Lipinski definition) is 5. The fourth-order valence-corrected chi connectivity index (χ4v) is 2.76. The number of anilines is 1. The first kappa shape index (κ1) is 15.8. The molecule has 122 valence electrons. The maximum Gasteiger partial charge on any atom is 0.322 e. The quantitative estimate of drug-likeness (QED) is 0.899. The first-order chi connectivity index (χ1) is 11.2. The molecular formula is C16H18ClN3O3. The Bertz CT molecular complexity index is 651. The Kier molecular flexibility index (Phi) is 5.12. The summed E-state index contributed by atoms with van der Waals surface area (Å²) in [5, 5.41) is 11.1. The lowest BCUT2D eigenvalue weighted by molar-refractivity contribution is -0.118. The van der Waals surface area contributed by atoms with Gasteiger partial charge in [-0.05, 0) is 37.1 Å². The first-order valence-corrected chi connectivity index (χ1v) is 8.10. The van der Waals surface area contributed by atoms with Gasteiger partial charge >= 0.3 is 6.01 Å². The van der Waals surface area contributed by atoms with E-state index >= 15 is 0 Å². The summed E-state index contributed by atoms with van der Waals surface area (Å²) >= 11 is 5.79. The van der Waals surface area contributed by atoms with E-state index < -0.39 is 0 Å². The Morgan fingerprint density at radius 2 is 1.96 bits per heavy atom. The zero-order chi connectivity index (χ0) is 16.1. The van der Waals surface area contributed by atoms with Gasteiger partial charge in [-0.1, -0.05) is 36.0 Å². The maximum atomic E-state index is 11.8. The number of nitrogens with zero attached hydrogens (tertiary/aromatic N) is 2. The topological polar surface area (TPSA) is 77.2 Å². The van der Waals surface area contributed by atoms with E-state index in [1.54, 1.807) is 24.3 Å². The van der Waals surface area contributed by atoms with Crippen LogP contribution in [0.3, 0.4) is 0 Å². The molecule has 0 aliphatic heterocycles. The van der Waals surface area contributed by atoms with Crippen LogP contribution < -0.4 is 10.1 Å². The molecule has 1 N–H and O–H groups in total. The molecule has 0 bridgehead atoms. The molecule has 23 heavy (non-hydrogen) atoms. The molecule has 0 unspecified atom stereocenters. The molecule has 7 heteroatoms. The van der Waals surface area contributed by atoms with Crippen LogP contribution in [0.4, 0.5) is 6.01 Å². The largest absolute Gasteiger partial charge is 0.484 e. The Morgan fingerprint density at radius 3 is 2.70 bits per heavy atom. The summed E-state index contributed by atoms with van der Waals surface area (Å²) in [4.78, 5) is 11.8. The molecule has 0 saturated heterocycles. The minimum atomic E-state index is -0.348. The van der Waals surface area contributed by atoms with E-state index in [2.05, 4.69) is 15.5 Å². The second-order valence-corrected chi connectivity index (χ2v) is 6.01. The summed E-state index contributed by atoms with van der Waals surface area (Å²) in [7, 11) is 0. The summed E-state index contributed by atoms with van der Waals surface area (Å²) < 4.78 is 10.9. The fourth-order valence-electron chi connectivity index (χ4n) is 2.63. The average molecular weight is 336 g/mol. The lowest BCUT2D eigenvalue weighted by atomic mass is 9.89. The van der Waals surface area contributed by atoms with E-state index in [-0.39, 0.29) is 18.5 Å². The SMILES string of the molecule is O=C(COc1ccc(Cl)cc1)Nc1nnc(C2CCCCC2)o1. The van der Waals surface area contributed by atoms with Crippen LogP contribution in [0.5, 0.6) is 5.75 Å². The standard InChI is InChI=1S/C16H18ClN3O3/c17-12-6-8-13(9-7-12)22-10-14(21)18-16-20-19-15(23-16)11-4-2-1-3-5-11/h6-9,11H,1-5,10H2,(H,18,20,21). The highest BCUT2D eigenvalue weighted by Crippen LogP contribution is 2.32. The van der Waals surface area contributed by atoms with Gasteiger partial charge in [0.2, 0.25) is 5.89 Å². The Morgan fingerprint density at radius 1 is 1.22 bits per heavy atom. The molecule has 0 atom stereocenters. The lowest BCUT2D eigenvalue weighted by Gasteiger charge is -2.17. The van der Waals surface area contributed by atoms with Gasteiger partial charge in [0.1, 0.15) is 5.75 Å². The number of hydrogen-bond donors (Lipinski definition) is 1. The van der Waals surface area contributed by atoms with Crippen molar-refractivity contribution in [1.82, 2.24) is 10.2 Å². The molecule has 6 nitrogen and oxygen atoms in total. The summed E-state index contributed by atoms with van der Waals surface area (Å²) in [6, 6.07) is 6.91. The van der Waals surface area contributed by atoms with Gasteiger partial charge in [0, 0.05) is 10.9 Å². The predicted octanol–water partition coefficient (Wildman–Crippen LogP) is 3.79. The third kappa shape index (κ3) is 4.45. The second-order valence-electron chi connectivity index (χ2n) is 5.57. The molecule has 1 amide bonds. The van der Waals surface area contributed by atoms with Crippen molar-refractivity contribution in [3.05, 3.63) is 35.2 Å². The van der Waals surface area contributed by atoms with Crippen molar-refractivity contribution in [3.63, 3.8) is 0 Å². The molecular weight excluding hydrogens is 318 g/mol. The second kappa shape index (κ2) is 7.46. The molecule has 0 spiro atoms. The van der Waals surface area contributed by atoms with E-state index in [0.29, 0.717) is 22.6 Å². The predicted molar refractivity (Wildman–Crippen MR) is 85.7 cm³/mol. The van der Waals surface area contributed by atoms with Crippen molar-refractivity contribution in [2.45, 2.75) is 38.0 Å². The minimum absolute atomic E-state index is 0.121. The van der Waals surface area contributed by atoms with Crippen LogP contribution in [0.25, 0.3) is 0 Å². The summed E-state index contributed by atoms with van der Waals surface area (Å²) in [5.74, 6) is 1.14. The highest BCUT2D eigenvalue weighted by molar-refractivity contribution is 6.30. The van der Waals surface area contributed by atoms with Crippen LogP contribution in [-0.4, -0.2) is 22.7 Å². The van der Waals surface area contributed by atoms with Crippen molar-refractivity contribution in [2.24, 2.45) is 0 Å². The van der Waals surface area contributed by atoms with Crippen LogP contribution in [0.1, 0.15) is 43.9 Å². The Hall–Kier alpha value is -2.08. The number of nitrogens with one attached hydrogen (secondary N) is 1. The summed E-state index contributed by atoms with van der Waals surface area (Å²) in [6.45, 7) is -0.136. The van der Waals surface area contributed by atoms with Gasteiger partial charge in [0.15, 0.2) is 6.61 Å². The molecule has 1 heterocycles. The third-order valence-corrected chi connectivity index (χ3v) is 4.08. The molecule has 1 aliphatic carbocycles. The maximum absolute atomic E-state index is 11.8. The molecule has 1 aromatic heterocycles. The summed E-state index contributed by atoms with van der Waals surface area (Å²) in [5.41, 5.74) is 0. The Labute approximate surface area is 139 Å². The number of rotatable bonds is 5. The van der Waals surface area contributed by atoms with E-state index in [0.717, 1.165) is 12.8 Å². The molecule has 1 aliphatic rings. The number of carbonyl (C=O) groups is 1. The van der Waals surface area contributed by atoms with Crippen LogP contribution in [0, 0.1) is 0 Å². The van der Waals surface area contributed by atoms with Crippen molar-refractivity contribution >= 4 is 23.5 Å². The molecule has 1 aromatic carbocycles. The van der Waals surface area contributed by atoms with Crippen molar-refractivity contribution in [2.75, 3.05) is 11.9 Å². The van der Waals surface area contributed by atoms with Gasteiger partial charge in [0.05, 0.1) is 0 Å². The third-order valence-electron chi connectivity index (χ3n) is 3.82. The van der Waals surface area contributed by atoms with Gasteiger partial charge in [-0.25, -0.2) is 0 Å². The van der Waals surface area contributed by atoms with Gasteiger partial charge < -0.3 is 9.15 Å². The van der Waals surface area contributed by atoms with E-state index in [9.17, 15) is 4.79 Å². The number of carbonyl (C=O) groups excluding carboxylic acids is 1. The van der Waals surface area contributed by atoms with Crippen molar-refractivity contribution in [1.29, 1.82) is 0 Å². The highest BCUT2D eigenvalue weighted by Gasteiger charge is 2.21. The monoisotopic (exact) mass is 335 g/mol. The van der Waals surface area contributed by atoms with E-state index in [1.165, 1.54) is 19.3 Å². The molecule has 1 saturated carbocycles. The van der Waals surface area contributed by atoms with Crippen molar-refractivity contribution < 1.29 is 13.9 Å². The first-order valence-electron chi connectivity index (χ1n) is 7.72. The zero-order valence-electron chi connectivity index (χ0n) is 12.6. The molecule has 3 rings (SSSR count). The fraction of sp³-hybridized carbons (Fsp3) is 0.438. The van der Waals surface area contributed by atoms with Crippen LogP contribution >= 0.6 is 11.6 Å². The smallest absolute Gasteiger partial charge is 0.322 e. The zero-order valence-corrected chi connectivity index (χ0v) is 13.4. The van der Waals surface area contributed by atoms with Crippen LogP contribution in [0.15, 0.2) is 28.7 Å². The number of halogens is 1. The van der Waals surface area contributed by atoms with Gasteiger partial charge in [-0.2, -0.15) is 0 Å². The van der Waals surface area contributed by atoms with Gasteiger partial charge in [-0.3, -0.25) is 10.1 Å². The number of benzene rings is 1. The minimum Gasteiger partial charge on any atom is -0.484 e. The molecule has 0 radical (unpaired) electrons. The molecule has 1 fully saturated rings. The normalized spacial score (nSPS) is 15.3. The molecule has 2 aromatic rings. The lowest BCUT2D eigenvalue weighted by Crippen LogP contribution is -2.20. The average Bonchev–Trinajstić information content (AvgIpc) is 3.04. The van der Waals surface area contributed by atoms with E-state index in [1.807, 2.05) is 0 Å². The van der Waals surface area contributed by atoms with Crippen molar-refractivity contribution in [3.8, 4) is 5.75 Å². The number of ether oxygens (including phenoxy) is 1. The highest BCUT2D eigenvalue weighted by atomic mass is 35.5. The van der Waals surface area contributed by atoms with Gasteiger partial charge in [0.25, 0.3) is 5.91 Å². The number of aromatic nitrogens is 2. The van der Waals surface area contributed by atoms with Crippen LogP contribution in [0.2, 0.25) is 5.02 Å². The Balaban J connectivity index is 1.49. The summed E-state index contributed by atoms with van der Waals surface area (Å²) in [6.07, 6.45) is 5.76.